The second-order valence-corrected chi connectivity index (χ2v) is 5.44. The molecule has 0 fully saturated rings. The molecule has 5 nitrogen and oxygen atoms in total. The topological polar surface area (TPSA) is 75.9 Å². The van der Waals surface area contributed by atoms with Gasteiger partial charge >= 0.3 is 0 Å². The number of hydrogen-bond donors (Lipinski definition) is 3. The highest BCUT2D eigenvalue weighted by atomic mass is 15.2. The average Bonchev–Trinajstić information content (AvgIpc) is 2.76. The van der Waals surface area contributed by atoms with Crippen LogP contribution in [0.1, 0.15) is 11.1 Å². The first-order chi connectivity index (χ1) is 11.8. The zero-order valence-electron chi connectivity index (χ0n) is 12.8. The van der Waals surface area contributed by atoms with E-state index >= 15 is 0 Å². The summed E-state index contributed by atoms with van der Waals surface area (Å²) in [6.45, 7) is 0. The number of nitrogens with zero attached hydrogens (tertiary/aromatic N) is 2. The van der Waals surface area contributed by atoms with E-state index in [0.29, 0.717) is 11.5 Å². The smallest absolute Gasteiger partial charge is 0.154 e. The van der Waals surface area contributed by atoms with Gasteiger partial charge < -0.3 is 5.32 Å². The average molecular weight is 313 g/mol. The van der Waals surface area contributed by atoms with Crippen molar-refractivity contribution in [2.24, 2.45) is 0 Å². The van der Waals surface area contributed by atoms with Crippen LogP contribution in [0.15, 0.2) is 72.9 Å². The maximum Gasteiger partial charge on any atom is 0.154 e. The third kappa shape index (κ3) is 2.23. The van der Waals surface area contributed by atoms with E-state index in [9.17, 15) is 0 Å². The molecule has 2 heterocycles. The summed E-state index contributed by atoms with van der Waals surface area (Å²) in [5.41, 5.74) is 2.98. The summed E-state index contributed by atoms with van der Waals surface area (Å²) in [5, 5.41) is 20.6. The van der Waals surface area contributed by atoms with Crippen molar-refractivity contribution in [1.82, 2.24) is 4.98 Å². The van der Waals surface area contributed by atoms with Gasteiger partial charge in [0.1, 0.15) is 11.7 Å². The van der Waals surface area contributed by atoms with Gasteiger partial charge in [-0.1, -0.05) is 42.5 Å². The molecule has 3 aromatic rings. The molecule has 0 aliphatic carbocycles. The fraction of sp³-hybridized carbons (Fsp3) is 0. The molecule has 1 aliphatic heterocycles. The lowest BCUT2D eigenvalue weighted by Gasteiger charge is -2.25. The minimum atomic E-state index is 0.244. The fourth-order valence-electron chi connectivity index (χ4n) is 2.80. The van der Waals surface area contributed by atoms with Crippen LogP contribution in [0.3, 0.4) is 0 Å². The molecule has 5 heteroatoms. The SMILES string of the molecule is N=C(c1ccccc1)N1C(=N)c2ccccc2Nc2ncccc21. The number of rotatable bonds is 1. The van der Waals surface area contributed by atoms with E-state index in [4.69, 9.17) is 10.8 Å². The molecule has 2 aromatic carbocycles. The quantitative estimate of drug-likeness (QED) is 0.469. The molecule has 24 heavy (non-hydrogen) atoms. The molecule has 0 amide bonds. The van der Waals surface area contributed by atoms with Crippen LogP contribution in [0, 0.1) is 10.8 Å². The highest BCUT2D eigenvalue weighted by Crippen LogP contribution is 2.34. The van der Waals surface area contributed by atoms with Crippen LogP contribution >= 0.6 is 0 Å². The van der Waals surface area contributed by atoms with Crippen molar-refractivity contribution in [3.8, 4) is 0 Å². The summed E-state index contributed by atoms with van der Waals surface area (Å²) in [7, 11) is 0. The van der Waals surface area contributed by atoms with Gasteiger partial charge in [-0.2, -0.15) is 0 Å². The molecule has 0 unspecified atom stereocenters. The van der Waals surface area contributed by atoms with Crippen LogP contribution < -0.4 is 10.2 Å². The monoisotopic (exact) mass is 313 g/mol. The number of amidine groups is 2. The lowest BCUT2D eigenvalue weighted by atomic mass is 10.1. The van der Waals surface area contributed by atoms with Crippen molar-refractivity contribution < 1.29 is 0 Å². The van der Waals surface area contributed by atoms with Crippen molar-refractivity contribution in [3.63, 3.8) is 0 Å². The van der Waals surface area contributed by atoms with Gasteiger partial charge in [0.05, 0.1) is 11.4 Å². The second-order valence-electron chi connectivity index (χ2n) is 5.44. The summed E-state index contributed by atoms with van der Waals surface area (Å²) >= 11 is 0. The van der Waals surface area contributed by atoms with Crippen molar-refractivity contribution in [2.75, 3.05) is 10.2 Å². The summed E-state index contributed by atoms with van der Waals surface area (Å²) in [6, 6.07) is 20.7. The van der Waals surface area contributed by atoms with E-state index in [1.165, 1.54) is 0 Å². The third-order valence-electron chi connectivity index (χ3n) is 3.96. The Morgan fingerprint density at radius 2 is 1.67 bits per heavy atom. The van der Waals surface area contributed by atoms with Gasteiger partial charge in [0, 0.05) is 17.3 Å². The molecule has 0 saturated heterocycles. The molecule has 0 spiro atoms. The summed E-state index contributed by atoms with van der Waals surface area (Å²) in [5.74, 6) is 1.12. The zero-order valence-corrected chi connectivity index (χ0v) is 12.8. The highest BCUT2D eigenvalue weighted by Gasteiger charge is 2.27. The normalized spacial score (nSPS) is 12.7. The Bertz CT molecular complexity index is 933. The van der Waals surface area contributed by atoms with Gasteiger partial charge in [-0.15, -0.1) is 0 Å². The first-order valence-electron chi connectivity index (χ1n) is 7.60. The molecule has 0 saturated carbocycles. The van der Waals surface area contributed by atoms with Gasteiger partial charge in [-0.3, -0.25) is 15.7 Å². The molecule has 0 bridgehead atoms. The van der Waals surface area contributed by atoms with E-state index < -0.39 is 0 Å². The summed E-state index contributed by atoms with van der Waals surface area (Å²) in [4.78, 5) is 6.01. The highest BCUT2D eigenvalue weighted by molar-refractivity contribution is 6.30. The van der Waals surface area contributed by atoms with E-state index in [1.807, 2.05) is 66.7 Å². The lowest BCUT2D eigenvalue weighted by molar-refractivity contribution is 1.26. The van der Waals surface area contributed by atoms with E-state index in [0.717, 1.165) is 16.8 Å². The molecule has 4 rings (SSSR count). The Balaban J connectivity index is 1.91. The van der Waals surface area contributed by atoms with Gasteiger partial charge in [0.2, 0.25) is 0 Å². The van der Waals surface area contributed by atoms with Crippen LogP contribution in [0.2, 0.25) is 0 Å². The zero-order chi connectivity index (χ0) is 16.5. The molecular formula is C19H15N5. The van der Waals surface area contributed by atoms with Crippen LogP contribution in [0.4, 0.5) is 17.2 Å². The van der Waals surface area contributed by atoms with E-state index in [-0.39, 0.29) is 11.7 Å². The molecule has 1 aromatic heterocycles. The minimum absolute atomic E-state index is 0.244. The Morgan fingerprint density at radius 1 is 0.917 bits per heavy atom. The largest absolute Gasteiger partial charge is 0.338 e. The second kappa shape index (κ2) is 5.62. The van der Waals surface area contributed by atoms with Gasteiger partial charge in [0.25, 0.3) is 0 Å². The first-order valence-corrected chi connectivity index (χ1v) is 7.60. The standard InChI is InChI=1S/C19H15N5/c20-17(13-7-2-1-3-8-13)24-16-11-6-12-22-19(16)23-15-10-5-4-9-14(15)18(24)21/h1-12,20-21H,(H,22,23). The van der Waals surface area contributed by atoms with Gasteiger partial charge in [0.15, 0.2) is 5.82 Å². The molecule has 1 aliphatic rings. The Morgan fingerprint density at radius 3 is 2.50 bits per heavy atom. The predicted octanol–water partition coefficient (Wildman–Crippen LogP) is 4.00. The van der Waals surface area contributed by atoms with E-state index in [2.05, 4.69) is 10.3 Å². The van der Waals surface area contributed by atoms with Gasteiger partial charge in [-0.25, -0.2) is 4.98 Å². The number of pyridine rings is 1. The van der Waals surface area contributed by atoms with Crippen LogP contribution in [-0.2, 0) is 0 Å². The molecule has 0 atom stereocenters. The van der Waals surface area contributed by atoms with Gasteiger partial charge in [-0.05, 0) is 24.3 Å². The summed E-state index contributed by atoms with van der Waals surface area (Å²) < 4.78 is 0. The van der Waals surface area contributed by atoms with Crippen molar-refractivity contribution in [2.45, 2.75) is 0 Å². The minimum Gasteiger partial charge on any atom is -0.338 e. The Kier molecular flexibility index (Phi) is 3.31. The lowest BCUT2D eigenvalue weighted by Crippen LogP contribution is -2.36. The van der Waals surface area contributed by atoms with Crippen LogP contribution in [0.5, 0.6) is 0 Å². The summed E-state index contributed by atoms with van der Waals surface area (Å²) in [6.07, 6.45) is 1.70. The number of hydrogen-bond acceptors (Lipinski definition) is 4. The number of nitrogens with one attached hydrogen (secondary N) is 3. The maximum absolute atomic E-state index is 8.70. The molecular weight excluding hydrogens is 298 g/mol. The van der Waals surface area contributed by atoms with Crippen LogP contribution in [0.25, 0.3) is 0 Å². The first kappa shape index (κ1) is 14.1. The maximum atomic E-state index is 8.70. The fourth-order valence-corrected chi connectivity index (χ4v) is 2.80. The van der Waals surface area contributed by atoms with Crippen molar-refractivity contribution in [3.05, 3.63) is 84.1 Å². The van der Waals surface area contributed by atoms with E-state index in [1.54, 1.807) is 11.1 Å². The Hall–Kier alpha value is -3.47. The number of anilines is 3. The van der Waals surface area contributed by atoms with Crippen molar-refractivity contribution >= 4 is 28.9 Å². The predicted molar refractivity (Wildman–Crippen MR) is 96.5 cm³/mol. The molecule has 3 N–H and O–H groups in total. The third-order valence-corrected chi connectivity index (χ3v) is 3.96. The Labute approximate surface area is 139 Å². The number of para-hydroxylation sites is 1. The molecule has 116 valence electrons. The number of benzene rings is 2. The number of fused-ring (bicyclic) bond motifs is 2. The van der Waals surface area contributed by atoms with Crippen LogP contribution in [-0.4, -0.2) is 16.7 Å². The van der Waals surface area contributed by atoms with Crippen molar-refractivity contribution in [1.29, 1.82) is 10.8 Å². The molecule has 0 radical (unpaired) electrons. The number of aromatic nitrogens is 1.